The Hall–Kier alpha value is -0.380. The first-order valence-electron chi connectivity index (χ1n) is 5.98. The summed E-state index contributed by atoms with van der Waals surface area (Å²) in [7, 11) is 0. The van der Waals surface area contributed by atoms with Crippen LogP contribution in [0.3, 0.4) is 0 Å². The highest BCUT2D eigenvalue weighted by Gasteiger charge is 2.16. The van der Waals surface area contributed by atoms with Crippen LogP contribution < -0.4 is 10.6 Å². The van der Waals surface area contributed by atoms with Gasteiger partial charge in [-0.15, -0.1) is 0 Å². The molecule has 0 aliphatic carbocycles. The Labute approximate surface area is 106 Å². The molecule has 0 radical (unpaired) electrons. The van der Waals surface area contributed by atoms with E-state index in [0.29, 0.717) is 12.1 Å². The van der Waals surface area contributed by atoms with Crippen molar-refractivity contribution >= 4 is 15.9 Å². The van der Waals surface area contributed by atoms with Gasteiger partial charge in [0.2, 0.25) is 0 Å². The van der Waals surface area contributed by atoms with Crippen molar-refractivity contribution in [1.29, 1.82) is 0 Å². The van der Waals surface area contributed by atoms with Crippen molar-refractivity contribution in [3.63, 3.8) is 0 Å². The molecule has 2 nitrogen and oxygen atoms in total. The summed E-state index contributed by atoms with van der Waals surface area (Å²) in [4.78, 5) is 0. The molecule has 3 heteroatoms. The fourth-order valence-electron chi connectivity index (χ4n) is 2.26. The summed E-state index contributed by atoms with van der Waals surface area (Å²) >= 11 is 3.61. The molecule has 2 N–H and O–H groups in total. The topological polar surface area (TPSA) is 24.1 Å². The van der Waals surface area contributed by atoms with Gasteiger partial charge in [-0.05, 0) is 44.5 Å². The van der Waals surface area contributed by atoms with Crippen molar-refractivity contribution in [2.75, 3.05) is 13.1 Å². The molecule has 1 atom stereocenters. The minimum Gasteiger partial charge on any atom is -0.317 e. The number of hydrogen-bond acceptors (Lipinski definition) is 2. The number of benzene rings is 1. The van der Waals surface area contributed by atoms with Gasteiger partial charge in [0.05, 0.1) is 0 Å². The number of nitrogens with one attached hydrogen (secondary N) is 2. The average molecular weight is 283 g/mol. The first-order chi connectivity index (χ1) is 7.77. The van der Waals surface area contributed by atoms with Gasteiger partial charge in [0.1, 0.15) is 0 Å². The molecule has 2 rings (SSSR count). The number of piperidine rings is 1. The Morgan fingerprint density at radius 2 is 2.00 bits per heavy atom. The molecule has 0 saturated carbocycles. The highest BCUT2D eigenvalue weighted by atomic mass is 79.9. The molecule has 88 valence electrons. The molecule has 1 aliphatic heterocycles. The summed E-state index contributed by atoms with van der Waals surface area (Å²) in [6.45, 7) is 4.52. The van der Waals surface area contributed by atoms with Crippen molar-refractivity contribution in [3.8, 4) is 0 Å². The molecule has 0 amide bonds. The lowest BCUT2D eigenvalue weighted by Gasteiger charge is -2.27. The number of hydrogen-bond donors (Lipinski definition) is 2. The van der Waals surface area contributed by atoms with E-state index in [9.17, 15) is 0 Å². The molecule has 1 fully saturated rings. The Bertz CT molecular complexity index is 334. The molecule has 1 heterocycles. The van der Waals surface area contributed by atoms with Crippen molar-refractivity contribution in [2.24, 2.45) is 0 Å². The third kappa shape index (κ3) is 3.06. The van der Waals surface area contributed by atoms with Crippen LogP contribution in [-0.4, -0.2) is 19.1 Å². The second-order valence-corrected chi connectivity index (χ2v) is 5.29. The molecular formula is C13H19BrN2. The summed E-state index contributed by atoms with van der Waals surface area (Å²) in [5, 5.41) is 7.10. The molecule has 1 aliphatic rings. The van der Waals surface area contributed by atoms with Crippen molar-refractivity contribution in [3.05, 3.63) is 34.3 Å². The van der Waals surface area contributed by atoms with Crippen LogP contribution in [0.2, 0.25) is 0 Å². The van der Waals surface area contributed by atoms with E-state index in [1.54, 1.807) is 0 Å². The molecule has 16 heavy (non-hydrogen) atoms. The second-order valence-electron chi connectivity index (χ2n) is 4.43. The maximum atomic E-state index is 3.71. The van der Waals surface area contributed by atoms with Gasteiger partial charge in [-0.3, -0.25) is 0 Å². The summed E-state index contributed by atoms with van der Waals surface area (Å²) in [6, 6.07) is 9.52. The highest BCUT2D eigenvalue weighted by molar-refractivity contribution is 9.10. The molecule has 0 spiro atoms. The van der Waals surface area contributed by atoms with Gasteiger partial charge in [0.25, 0.3) is 0 Å². The van der Waals surface area contributed by atoms with E-state index >= 15 is 0 Å². The molecule has 1 aromatic rings. The van der Waals surface area contributed by atoms with Gasteiger partial charge in [0, 0.05) is 16.6 Å². The van der Waals surface area contributed by atoms with E-state index in [-0.39, 0.29) is 0 Å². The smallest absolute Gasteiger partial charge is 0.0305 e. The predicted molar refractivity (Wildman–Crippen MR) is 71.6 cm³/mol. The summed E-state index contributed by atoms with van der Waals surface area (Å²) < 4.78 is 1.20. The van der Waals surface area contributed by atoms with Gasteiger partial charge in [-0.1, -0.05) is 34.1 Å². The van der Waals surface area contributed by atoms with Crippen LogP contribution in [0.4, 0.5) is 0 Å². The van der Waals surface area contributed by atoms with Crippen molar-refractivity contribution < 1.29 is 0 Å². The molecule has 1 saturated heterocycles. The standard InChI is InChI=1S/C13H19BrN2/c1-10(12-4-2-3-5-13(12)14)16-11-6-8-15-9-7-11/h2-5,10-11,15-16H,6-9H2,1H3/t10-/m0/s1. The third-order valence-corrected chi connectivity index (χ3v) is 3.92. The van der Waals surface area contributed by atoms with Crippen LogP contribution in [-0.2, 0) is 0 Å². The Morgan fingerprint density at radius 3 is 2.69 bits per heavy atom. The molecular weight excluding hydrogens is 264 g/mol. The largest absolute Gasteiger partial charge is 0.317 e. The lowest BCUT2D eigenvalue weighted by Crippen LogP contribution is -2.41. The Balaban J connectivity index is 1.96. The molecule has 0 bridgehead atoms. The Kier molecular flexibility index (Phi) is 4.38. The fourth-order valence-corrected chi connectivity index (χ4v) is 2.89. The fraction of sp³-hybridized carbons (Fsp3) is 0.538. The number of rotatable bonds is 3. The predicted octanol–water partition coefficient (Wildman–Crippen LogP) is 2.85. The van der Waals surface area contributed by atoms with Gasteiger partial charge in [-0.25, -0.2) is 0 Å². The SMILES string of the molecule is C[C@H](NC1CCNCC1)c1ccccc1Br. The first kappa shape index (κ1) is 12.1. The van der Waals surface area contributed by atoms with E-state index in [4.69, 9.17) is 0 Å². The summed E-state index contributed by atoms with van der Waals surface area (Å²) in [5.74, 6) is 0. The second kappa shape index (κ2) is 5.80. The van der Waals surface area contributed by atoms with E-state index in [2.05, 4.69) is 57.8 Å². The number of halogens is 1. The maximum absolute atomic E-state index is 3.71. The minimum atomic E-state index is 0.415. The zero-order valence-electron chi connectivity index (χ0n) is 9.67. The summed E-state index contributed by atoms with van der Waals surface area (Å²) in [5.41, 5.74) is 1.35. The maximum Gasteiger partial charge on any atom is 0.0305 e. The quantitative estimate of drug-likeness (QED) is 0.891. The lowest BCUT2D eigenvalue weighted by molar-refractivity contribution is 0.359. The summed E-state index contributed by atoms with van der Waals surface area (Å²) in [6.07, 6.45) is 2.46. The highest BCUT2D eigenvalue weighted by Crippen LogP contribution is 2.23. The van der Waals surface area contributed by atoms with Gasteiger partial charge >= 0.3 is 0 Å². The Morgan fingerprint density at radius 1 is 1.31 bits per heavy atom. The van der Waals surface area contributed by atoms with E-state index < -0.39 is 0 Å². The van der Waals surface area contributed by atoms with Gasteiger partial charge in [0.15, 0.2) is 0 Å². The van der Waals surface area contributed by atoms with E-state index in [1.807, 2.05) is 0 Å². The normalized spacial score (nSPS) is 19.6. The van der Waals surface area contributed by atoms with E-state index in [0.717, 1.165) is 13.1 Å². The van der Waals surface area contributed by atoms with Gasteiger partial charge < -0.3 is 10.6 Å². The molecule has 0 aromatic heterocycles. The van der Waals surface area contributed by atoms with Crippen molar-refractivity contribution in [1.82, 2.24) is 10.6 Å². The molecule has 0 unspecified atom stereocenters. The van der Waals surface area contributed by atoms with E-state index in [1.165, 1.54) is 22.9 Å². The van der Waals surface area contributed by atoms with Crippen LogP contribution in [0.5, 0.6) is 0 Å². The minimum absolute atomic E-state index is 0.415. The van der Waals surface area contributed by atoms with Gasteiger partial charge in [-0.2, -0.15) is 0 Å². The monoisotopic (exact) mass is 282 g/mol. The van der Waals surface area contributed by atoms with Crippen LogP contribution in [0.1, 0.15) is 31.4 Å². The van der Waals surface area contributed by atoms with Crippen LogP contribution in [0.25, 0.3) is 0 Å². The van der Waals surface area contributed by atoms with Crippen LogP contribution >= 0.6 is 15.9 Å². The lowest BCUT2D eigenvalue weighted by atomic mass is 10.0. The first-order valence-corrected chi connectivity index (χ1v) is 6.78. The molecule has 1 aromatic carbocycles. The van der Waals surface area contributed by atoms with Crippen molar-refractivity contribution in [2.45, 2.75) is 31.8 Å². The average Bonchev–Trinajstić information content (AvgIpc) is 2.31. The van der Waals surface area contributed by atoms with Crippen LogP contribution in [0, 0.1) is 0 Å². The van der Waals surface area contributed by atoms with Crippen LogP contribution in [0.15, 0.2) is 28.7 Å². The third-order valence-electron chi connectivity index (χ3n) is 3.20. The zero-order chi connectivity index (χ0) is 11.4. The zero-order valence-corrected chi connectivity index (χ0v) is 11.3.